The number of amides is 2. The van der Waals surface area contributed by atoms with Crippen LogP contribution < -0.4 is 24.8 Å². The SMILES string of the molecule is CNC(=O)n1ccc2cc(Oc3ccnc(NC(=O)c4ccc(OCCN5CCC(O)CC5)cc4)c3)c(OC)cc21. The molecular weight excluding hydrogens is 526 g/mol. The van der Waals surface area contributed by atoms with Crippen molar-refractivity contribution in [2.45, 2.75) is 18.9 Å². The van der Waals surface area contributed by atoms with Gasteiger partial charge in [-0.05, 0) is 55.3 Å². The molecule has 4 aromatic rings. The Labute approximate surface area is 237 Å². The van der Waals surface area contributed by atoms with Crippen LogP contribution in [0.5, 0.6) is 23.0 Å². The van der Waals surface area contributed by atoms with Gasteiger partial charge in [0.15, 0.2) is 11.5 Å². The number of nitrogens with one attached hydrogen (secondary N) is 2. The van der Waals surface area contributed by atoms with Crippen LogP contribution in [0.1, 0.15) is 23.2 Å². The van der Waals surface area contributed by atoms with E-state index in [1.165, 1.54) is 17.9 Å². The Balaban J connectivity index is 1.19. The summed E-state index contributed by atoms with van der Waals surface area (Å²) in [5.41, 5.74) is 1.14. The Morgan fingerprint density at radius 1 is 1.02 bits per heavy atom. The van der Waals surface area contributed by atoms with Gasteiger partial charge in [-0.25, -0.2) is 9.78 Å². The summed E-state index contributed by atoms with van der Waals surface area (Å²) in [4.78, 5) is 31.5. The van der Waals surface area contributed by atoms with Crippen LogP contribution in [0.3, 0.4) is 0 Å². The van der Waals surface area contributed by atoms with Crippen LogP contribution in [0.15, 0.2) is 67.0 Å². The summed E-state index contributed by atoms with van der Waals surface area (Å²) in [5, 5.41) is 15.8. The van der Waals surface area contributed by atoms with Crippen LogP contribution in [-0.2, 0) is 0 Å². The molecule has 11 heteroatoms. The lowest BCUT2D eigenvalue weighted by Gasteiger charge is -2.29. The molecule has 214 valence electrons. The van der Waals surface area contributed by atoms with Crippen molar-refractivity contribution >= 4 is 28.7 Å². The number of hydrogen-bond acceptors (Lipinski definition) is 8. The number of carbonyl (C=O) groups is 2. The van der Waals surface area contributed by atoms with E-state index in [0.717, 1.165) is 37.9 Å². The number of aliphatic hydroxyl groups is 1. The summed E-state index contributed by atoms with van der Waals surface area (Å²) in [6.07, 6.45) is 4.62. The number of fused-ring (bicyclic) bond motifs is 1. The van der Waals surface area contributed by atoms with Gasteiger partial charge in [0.25, 0.3) is 5.91 Å². The first-order valence-corrected chi connectivity index (χ1v) is 13.4. The molecule has 0 saturated carbocycles. The van der Waals surface area contributed by atoms with E-state index in [4.69, 9.17) is 14.2 Å². The highest BCUT2D eigenvalue weighted by atomic mass is 16.5. The zero-order valence-corrected chi connectivity index (χ0v) is 23.0. The molecule has 3 N–H and O–H groups in total. The third-order valence-corrected chi connectivity index (χ3v) is 6.96. The van der Waals surface area contributed by atoms with Crippen molar-refractivity contribution in [2.24, 2.45) is 0 Å². The largest absolute Gasteiger partial charge is 0.493 e. The fourth-order valence-corrected chi connectivity index (χ4v) is 4.68. The summed E-state index contributed by atoms with van der Waals surface area (Å²) in [6, 6.07) is 15.3. The summed E-state index contributed by atoms with van der Waals surface area (Å²) in [5.74, 6) is 2.04. The molecule has 1 saturated heterocycles. The average Bonchev–Trinajstić information content (AvgIpc) is 3.40. The summed E-state index contributed by atoms with van der Waals surface area (Å²) in [7, 11) is 3.09. The molecule has 41 heavy (non-hydrogen) atoms. The van der Waals surface area contributed by atoms with Gasteiger partial charge in [-0.3, -0.25) is 14.3 Å². The third-order valence-electron chi connectivity index (χ3n) is 6.96. The maximum Gasteiger partial charge on any atom is 0.325 e. The minimum Gasteiger partial charge on any atom is -0.493 e. The first kappa shape index (κ1) is 27.9. The smallest absolute Gasteiger partial charge is 0.325 e. The van der Waals surface area contributed by atoms with Crippen LogP contribution in [0.2, 0.25) is 0 Å². The molecule has 0 bridgehead atoms. The van der Waals surface area contributed by atoms with Crippen LogP contribution in [0, 0.1) is 0 Å². The fourth-order valence-electron chi connectivity index (χ4n) is 4.68. The van der Waals surface area contributed by atoms with E-state index in [2.05, 4.69) is 20.5 Å². The number of pyridine rings is 1. The highest BCUT2D eigenvalue weighted by molar-refractivity contribution is 6.03. The van der Waals surface area contributed by atoms with Gasteiger partial charge in [0, 0.05) is 62.2 Å². The molecule has 0 aliphatic carbocycles. The number of ether oxygens (including phenoxy) is 3. The number of anilines is 1. The zero-order chi connectivity index (χ0) is 28.8. The number of piperidine rings is 1. The highest BCUT2D eigenvalue weighted by Crippen LogP contribution is 2.36. The second-order valence-electron chi connectivity index (χ2n) is 9.68. The van der Waals surface area contributed by atoms with Crippen molar-refractivity contribution in [2.75, 3.05) is 45.7 Å². The van der Waals surface area contributed by atoms with Gasteiger partial charge < -0.3 is 30.0 Å². The van der Waals surface area contributed by atoms with Crippen molar-refractivity contribution in [3.8, 4) is 23.0 Å². The van der Waals surface area contributed by atoms with E-state index < -0.39 is 0 Å². The predicted octanol–water partition coefficient (Wildman–Crippen LogP) is 4.11. The lowest BCUT2D eigenvalue weighted by atomic mass is 10.1. The summed E-state index contributed by atoms with van der Waals surface area (Å²) < 4.78 is 18.9. The lowest BCUT2D eigenvalue weighted by molar-refractivity contribution is 0.0755. The number of rotatable bonds is 9. The first-order valence-electron chi connectivity index (χ1n) is 13.4. The van der Waals surface area contributed by atoms with Gasteiger partial charge >= 0.3 is 6.03 Å². The second-order valence-corrected chi connectivity index (χ2v) is 9.68. The lowest BCUT2D eigenvalue weighted by Crippen LogP contribution is -2.38. The van der Waals surface area contributed by atoms with E-state index in [1.54, 1.807) is 61.8 Å². The maximum atomic E-state index is 12.9. The summed E-state index contributed by atoms with van der Waals surface area (Å²) >= 11 is 0. The molecule has 1 aliphatic rings. The van der Waals surface area contributed by atoms with Crippen molar-refractivity contribution in [1.82, 2.24) is 19.8 Å². The molecule has 3 heterocycles. The van der Waals surface area contributed by atoms with E-state index in [0.29, 0.717) is 46.5 Å². The van der Waals surface area contributed by atoms with Crippen LogP contribution >= 0.6 is 0 Å². The third kappa shape index (κ3) is 6.76. The molecule has 0 atom stereocenters. The maximum absolute atomic E-state index is 12.9. The molecular formula is C30H33N5O6. The van der Waals surface area contributed by atoms with Crippen molar-refractivity contribution < 1.29 is 28.9 Å². The predicted molar refractivity (Wildman–Crippen MR) is 154 cm³/mol. The number of benzene rings is 2. The number of aromatic nitrogens is 2. The Morgan fingerprint density at radius 3 is 2.54 bits per heavy atom. The molecule has 2 aromatic carbocycles. The minimum absolute atomic E-state index is 0.189. The van der Waals surface area contributed by atoms with Gasteiger partial charge in [0.2, 0.25) is 0 Å². The Morgan fingerprint density at radius 2 is 1.80 bits per heavy atom. The van der Waals surface area contributed by atoms with Crippen LogP contribution in [0.25, 0.3) is 10.9 Å². The Hall–Kier alpha value is -4.61. The number of carbonyl (C=O) groups excluding carboxylic acids is 2. The minimum atomic E-state index is -0.317. The highest BCUT2D eigenvalue weighted by Gasteiger charge is 2.17. The molecule has 0 unspecified atom stereocenters. The van der Waals surface area contributed by atoms with E-state index in [-0.39, 0.29) is 18.0 Å². The van der Waals surface area contributed by atoms with E-state index in [9.17, 15) is 14.7 Å². The number of nitrogens with zero attached hydrogens (tertiary/aromatic N) is 3. The Bertz CT molecular complexity index is 1510. The second kappa shape index (κ2) is 12.7. The van der Waals surface area contributed by atoms with E-state index >= 15 is 0 Å². The standard InChI is InChI=1S/C30H33N5O6/c1-31-30(38)35-14-8-21-17-27(26(39-2)19-25(21)35)41-24-7-11-32-28(18-24)33-29(37)20-3-5-23(6-4-20)40-16-15-34-12-9-22(36)10-13-34/h3-8,11,14,17-19,22,36H,9-10,12-13,15-16H2,1-2H3,(H,31,38)(H,32,33,37). The molecule has 0 radical (unpaired) electrons. The normalized spacial score (nSPS) is 14.0. The summed E-state index contributed by atoms with van der Waals surface area (Å²) in [6.45, 7) is 3.08. The van der Waals surface area contributed by atoms with Gasteiger partial charge in [0.05, 0.1) is 18.7 Å². The molecule has 1 aliphatic heterocycles. The molecule has 2 aromatic heterocycles. The quantitative estimate of drug-likeness (QED) is 0.280. The first-order chi connectivity index (χ1) is 19.9. The molecule has 0 spiro atoms. The van der Waals surface area contributed by atoms with Crippen molar-refractivity contribution in [3.63, 3.8) is 0 Å². The van der Waals surface area contributed by atoms with Gasteiger partial charge in [-0.1, -0.05) is 0 Å². The molecule has 11 nitrogen and oxygen atoms in total. The molecule has 2 amide bonds. The number of aliphatic hydroxyl groups excluding tert-OH is 1. The number of likely N-dealkylation sites (tertiary alicyclic amines) is 1. The zero-order valence-electron chi connectivity index (χ0n) is 23.0. The van der Waals surface area contributed by atoms with Gasteiger partial charge in [-0.2, -0.15) is 0 Å². The van der Waals surface area contributed by atoms with Gasteiger partial charge in [0.1, 0.15) is 23.9 Å². The van der Waals surface area contributed by atoms with Crippen molar-refractivity contribution in [1.29, 1.82) is 0 Å². The number of hydrogen-bond donors (Lipinski definition) is 3. The van der Waals surface area contributed by atoms with Crippen LogP contribution in [-0.4, -0.2) is 78.0 Å². The monoisotopic (exact) mass is 559 g/mol. The van der Waals surface area contributed by atoms with Gasteiger partial charge in [-0.15, -0.1) is 0 Å². The van der Waals surface area contributed by atoms with E-state index in [1.807, 2.05) is 6.07 Å². The van der Waals surface area contributed by atoms with Crippen molar-refractivity contribution in [3.05, 3.63) is 72.6 Å². The van der Waals surface area contributed by atoms with Crippen LogP contribution in [0.4, 0.5) is 10.6 Å². The Kier molecular flexibility index (Phi) is 8.66. The topological polar surface area (TPSA) is 127 Å². The number of methoxy groups -OCH3 is 1. The molecule has 5 rings (SSSR count). The average molecular weight is 560 g/mol. The fraction of sp³-hybridized carbons (Fsp3) is 0.300. The molecule has 1 fully saturated rings.